The van der Waals surface area contributed by atoms with Crippen LogP contribution in [0.1, 0.15) is 17.5 Å². The number of ether oxygens (including phenoxy) is 1. The zero-order valence-electron chi connectivity index (χ0n) is 14.5. The molecule has 0 aliphatic rings. The number of amides is 1. The van der Waals surface area contributed by atoms with Gasteiger partial charge in [-0.1, -0.05) is 48.5 Å². The number of nitro benzene ring substituents is 1. The van der Waals surface area contributed by atoms with E-state index in [9.17, 15) is 19.7 Å². The minimum Gasteiger partial charge on any atom is -0.469 e. The number of carbonyl (C=O) groups is 2. The van der Waals surface area contributed by atoms with Crippen molar-refractivity contribution in [1.29, 1.82) is 0 Å². The van der Waals surface area contributed by atoms with Gasteiger partial charge < -0.3 is 9.64 Å². The first kappa shape index (κ1) is 19.1. The van der Waals surface area contributed by atoms with Crippen LogP contribution in [0, 0.1) is 10.1 Å². The van der Waals surface area contributed by atoms with E-state index < -0.39 is 10.9 Å². The molecule has 0 N–H and O–H groups in total. The van der Waals surface area contributed by atoms with Crippen LogP contribution in [-0.4, -0.2) is 35.4 Å². The SMILES string of the molecule is COC(=O)CCN(Cc1ccccc1)C(=O)Cc1ccccc1[N+](=O)[O-]. The highest BCUT2D eigenvalue weighted by molar-refractivity contribution is 5.80. The van der Waals surface area contributed by atoms with Gasteiger partial charge in [-0.2, -0.15) is 0 Å². The average molecular weight is 356 g/mol. The van der Waals surface area contributed by atoms with E-state index in [1.165, 1.54) is 18.1 Å². The highest BCUT2D eigenvalue weighted by Crippen LogP contribution is 2.19. The summed E-state index contributed by atoms with van der Waals surface area (Å²) in [5.74, 6) is -0.700. The van der Waals surface area contributed by atoms with Crippen molar-refractivity contribution < 1.29 is 19.2 Å². The van der Waals surface area contributed by atoms with Crippen molar-refractivity contribution in [3.8, 4) is 0 Å². The molecule has 0 bridgehead atoms. The normalized spacial score (nSPS) is 10.2. The van der Waals surface area contributed by atoms with Crippen molar-refractivity contribution in [2.45, 2.75) is 19.4 Å². The molecular formula is C19H20N2O5. The molecule has 0 unspecified atom stereocenters. The van der Waals surface area contributed by atoms with Crippen LogP contribution in [0.4, 0.5) is 5.69 Å². The molecular weight excluding hydrogens is 336 g/mol. The van der Waals surface area contributed by atoms with Crippen molar-refractivity contribution in [1.82, 2.24) is 4.90 Å². The smallest absolute Gasteiger partial charge is 0.307 e. The predicted octanol–water partition coefficient (Wildman–Crippen LogP) is 2.73. The molecule has 2 rings (SSSR count). The molecule has 0 radical (unpaired) electrons. The van der Waals surface area contributed by atoms with Gasteiger partial charge in [0.05, 0.1) is 24.9 Å². The van der Waals surface area contributed by atoms with Crippen LogP contribution in [0.3, 0.4) is 0 Å². The Kier molecular flexibility index (Phi) is 6.84. The van der Waals surface area contributed by atoms with Gasteiger partial charge in [0.2, 0.25) is 5.91 Å². The van der Waals surface area contributed by atoms with E-state index in [1.807, 2.05) is 30.3 Å². The number of nitrogens with zero attached hydrogens (tertiary/aromatic N) is 2. The lowest BCUT2D eigenvalue weighted by atomic mass is 10.1. The third kappa shape index (κ3) is 5.41. The van der Waals surface area contributed by atoms with Gasteiger partial charge in [0.15, 0.2) is 0 Å². The standard InChI is InChI=1S/C19H20N2O5/c1-26-19(23)11-12-20(14-15-7-3-2-4-8-15)18(22)13-16-9-5-6-10-17(16)21(24)25/h2-10H,11-14H2,1H3. The average Bonchev–Trinajstić information content (AvgIpc) is 2.65. The van der Waals surface area contributed by atoms with Gasteiger partial charge in [-0.05, 0) is 5.56 Å². The zero-order chi connectivity index (χ0) is 18.9. The summed E-state index contributed by atoms with van der Waals surface area (Å²) in [6.45, 7) is 0.498. The molecule has 1 amide bonds. The zero-order valence-corrected chi connectivity index (χ0v) is 14.5. The van der Waals surface area contributed by atoms with E-state index in [1.54, 1.807) is 18.2 Å². The number of nitro groups is 1. The molecule has 0 saturated carbocycles. The summed E-state index contributed by atoms with van der Waals surface area (Å²) in [4.78, 5) is 36.3. The van der Waals surface area contributed by atoms with Crippen molar-refractivity contribution in [2.24, 2.45) is 0 Å². The summed E-state index contributed by atoms with van der Waals surface area (Å²) in [5, 5.41) is 11.1. The van der Waals surface area contributed by atoms with Crippen LogP contribution in [0.5, 0.6) is 0 Å². The molecule has 0 aliphatic heterocycles. The number of esters is 1. The number of hydrogen-bond donors (Lipinski definition) is 0. The van der Waals surface area contributed by atoms with Gasteiger partial charge in [0.1, 0.15) is 0 Å². The van der Waals surface area contributed by atoms with Crippen LogP contribution in [0.15, 0.2) is 54.6 Å². The highest BCUT2D eigenvalue weighted by atomic mass is 16.6. The Hall–Kier alpha value is -3.22. The Morgan fingerprint density at radius 1 is 1.08 bits per heavy atom. The Labute approximate surface area is 151 Å². The van der Waals surface area contributed by atoms with Crippen LogP contribution < -0.4 is 0 Å². The summed E-state index contributed by atoms with van der Waals surface area (Å²) >= 11 is 0. The summed E-state index contributed by atoms with van der Waals surface area (Å²) in [6.07, 6.45) is -0.0445. The molecule has 0 aromatic heterocycles. The Bertz CT molecular complexity index is 777. The lowest BCUT2D eigenvalue weighted by Crippen LogP contribution is -2.34. The number of benzene rings is 2. The minimum atomic E-state index is -0.501. The van der Waals surface area contributed by atoms with Gasteiger partial charge >= 0.3 is 5.97 Å². The molecule has 7 heteroatoms. The van der Waals surface area contributed by atoms with Gasteiger partial charge in [0, 0.05) is 24.7 Å². The molecule has 0 atom stereocenters. The maximum atomic E-state index is 12.7. The first-order valence-corrected chi connectivity index (χ1v) is 8.12. The molecule has 136 valence electrons. The fourth-order valence-electron chi connectivity index (χ4n) is 2.54. The van der Waals surface area contributed by atoms with E-state index in [-0.39, 0.29) is 31.0 Å². The van der Waals surface area contributed by atoms with E-state index in [0.717, 1.165) is 5.56 Å². The third-order valence-electron chi connectivity index (χ3n) is 3.91. The van der Waals surface area contributed by atoms with Crippen molar-refractivity contribution in [2.75, 3.05) is 13.7 Å². The molecule has 0 aliphatic carbocycles. The van der Waals surface area contributed by atoms with E-state index in [2.05, 4.69) is 4.74 Å². The first-order chi connectivity index (χ1) is 12.5. The van der Waals surface area contributed by atoms with E-state index in [4.69, 9.17) is 0 Å². The molecule has 2 aromatic carbocycles. The van der Waals surface area contributed by atoms with Crippen molar-refractivity contribution in [3.63, 3.8) is 0 Å². The van der Waals surface area contributed by atoms with Gasteiger partial charge in [0.25, 0.3) is 5.69 Å². The maximum absolute atomic E-state index is 12.7. The third-order valence-corrected chi connectivity index (χ3v) is 3.91. The maximum Gasteiger partial charge on any atom is 0.307 e. The summed E-state index contributed by atoms with van der Waals surface area (Å²) in [7, 11) is 1.29. The number of hydrogen-bond acceptors (Lipinski definition) is 5. The van der Waals surface area contributed by atoms with Crippen LogP contribution >= 0.6 is 0 Å². The van der Waals surface area contributed by atoms with Gasteiger partial charge in [-0.25, -0.2) is 0 Å². The second kappa shape index (κ2) is 9.31. The first-order valence-electron chi connectivity index (χ1n) is 8.12. The summed E-state index contributed by atoms with van der Waals surface area (Å²) in [6, 6.07) is 15.5. The monoisotopic (exact) mass is 356 g/mol. The summed E-state index contributed by atoms with van der Waals surface area (Å²) < 4.78 is 4.63. The number of para-hydroxylation sites is 1. The summed E-state index contributed by atoms with van der Waals surface area (Å²) in [5.41, 5.74) is 1.17. The molecule has 0 fully saturated rings. The molecule has 7 nitrogen and oxygen atoms in total. The quantitative estimate of drug-likeness (QED) is 0.412. The van der Waals surface area contributed by atoms with E-state index in [0.29, 0.717) is 12.1 Å². The fourth-order valence-corrected chi connectivity index (χ4v) is 2.54. The molecule has 0 spiro atoms. The van der Waals surface area contributed by atoms with Crippen molar-refractivity contribution in [3.05, 3.63) is 75.8 Å². The fraction of sp³-hybridized carbons (Fsp3) is 0.263. The Morgan fingerprint density at radius 2 is 1.73 bits per heavy atom. The van der Waals surface area contributed by atoms with Crippen LogP contribution in [0.2, 0.25) is 0 Å². The largest absolute Gasteiger partial charge is 0.469 e. The topological polar surface area (TPSA) is 89.8 Å². The molecule has 26 heavy (non-hydrogen) atoms. The second-order valence-corrected chi connectivity index (χ2v) is 5.69. The molecule has 0 heterocycles. The molecule has 2 aromatic rings. The van der Waals surface area contributed by atoms with Crippen molar-refractivity contribution >= 4 is 17.6 Å². The van der Waals surface area contributed by atoms with E-state index >= 15 is 0 Å². The lowest BCUT2D eigenvalue weighted by Gasteiger charge is -2.22. The predicted molar refractivity (Wildman–Crippen MR) is 95.3 cm³/mol. The second-order valence-electron chi connectivity index (χ2n) is 5.69. The highest BCUT2D eigenvalue weighted by Gasteiger charge is 2.20. The molecule has 0 saturated heterocycles. The van der Waals surface area contributed by atoms with Gasteiger partial charge in [-0.3, -0.25) is 19.7 Å². The minimum absolute atomic E-state index is 0.0615. The number of carbonyl (C=O) groups excluding carboxylic acids is 2. The van der Waals surface area contributed by atoms with Crippen LogP contribution in [-0.2, 0) is 27.3 Å². The Balaban J connectivity index is 2.16. The van der Waals surface area contributed by atoms with Gasteiger partial charge in [-0.15, -0.1) is 0 Å². The number of methoxy groups -OCH3 is 1. The van der Waals surface area contributed by atoms with Crippen LogP contribution in [0.25, 0.3) is 0 Å². The lowest BCUT2D eigenvalue weighted by molar-refractivity contribution is -0.385. The number of rotatable bonds is 8. The Morgan fingerprint density at radius 3 is 2.38 bits per heavy atom.